The normalized spacial score (nSPS) is 17.2. The van der Waals surface area contributed by atoms with E-state index >= 15 is 0 Å². The molecule has 0 saturated carbocycles. The van der Waals surface area contributed by atoms with Crippen LogP contribution in [0, 0.1) is 6.92 Å². The van der Waals surface area contributed by atoms with Gasteiger partial charge in [0.15, 0.2) is 6.10 Å². The second-order valence-electron chi connectivity index (χ2n) is 14.9. The second-order valence-corrected chi connectivity index (χ2v) is 16.4. The van der Waals surface area contributed by atoms with Gasteiger partial charge in [0, 0.05) is 39.6 Å². The number of carboxylic acids is 1. The van der Waals surface area contributed by atoms with Gasteiger partial charge in [-0.25, -0.2) is 9.78 Å². The lowest BCUT2D eigenvalue weighted by molar-refractivity contribution is -0.160. The molecule has 3 aromatic carbocycles. The minimum atomic E-state index is -1.16. The lowest BCUT2D eigenvalue weighted by atomic mass is 9.90. The van der Waals surface area contributed by atoms with E-state index in [0.29, 0.717) is 22.5 Å². The summed E-state index contributed by atoms with van der Waals surface area (Å²) in [6.07, 6.45) is 0.997. The van der Waals surface area contributed by atoms with Crippen molar-refractivity contribution in [2.75, 3.05) is 46.9 Å². The molecule has 1 atom stereocenters. The molecule has 1 N–H and O–H groups in total. The first-order chi connectivity index (χ1) is 23.9. The van der Waals surface area contributed by atoms with Crippen LogP contribution >= 0.6 is 22.9 Å². The zero-order valence-electron chi connectivity index (χ0n) is 29.7. The predicted octanol–water partition coefficient (Wildman–Crippen LogP) is 8.02. The van der Waals surface area contributed by atoms with E-state index in [9.17, 15) is 9.90 Å². The number of benzene rings is 3. The van der Waals surface area contributed by atoms with Gasteiger partial charge in [0.25, 0.3) is 0 Å². The van der Waals surface area contributed by atoms with Crippen LogP contribution in [0.5, 0.6) is 0 Å². The van der Waals surface area contributed by atoms with Crippen LogP contribution in [0.1, 0.15) is 62.5 Å². The number of carbonyl (C=O) groups is 1. The van der Waals surface area contributed by atoms with Crippen LogP contribution in [0.15, 0.2) is 48.5 Å². The molecule has 2 fully saturated rings. The molecule has 2 aliphatic heterocycles. The van der Waals surface area contributed by atoms with Crippen molar-refractivity contribution < 1.29 is 19.4 Å². The van der Waals surface area contributed by atoms with Crippen LogP contribution in [0.4, 0.5) is 0 Å². The molecule has 2 aromatic heterocycles. The topological polar surface area (TPSA) is 93.0 Å². The van der Waals surface area contributed by atoms with Crippen molar-refractivity contribution >= 4 is 50.0 Å². The molecule has 5 aromatic rings. The highest BCUT2D eigenvalue weighted by atomic mass is 35.5. The van der Waals surface area contributed by atoms with Gasteiger partial charge in [-0.15, -0.1) is 11.3 Å². The van der Waals surface area contributed by atoms with Crippen molar-refractivity contribution in [1.82, 2.24) is 24.6 Å². The van der Waals surface area contributed by atoms with Gasteiger partial charge in [0.05, 0.1) is 52.8 Å². The van der Waals surface area contributed by atoms with E-state index in [2.05, 4.69) is 46.8 Å². The fraction of sp³-hybridized carbons (Fsp3) is 0.462. The molecule has 4 heterocycles. The highest BCUT2D eigenvalue weighted by molar-refractivity contribution is 7.22. The zero-order chi connectivity index (χ0) is 35.3. The summed E-state index contributed by atoms with van der Waals surface area (Å²) >= 11 is 7.90. The number of carboxylic acid groups (broad SMARTS) is 1. The van der Waals surface area contributed by atoms with E-state index in [1.165, 1.54) is 11.1 Å². The first-order valence-corrected chi connectivity index (χ1v) is 18.6. The Hall–Kier alpha value is -3.38. The van der Waals surface area contributed by atoms with Gasteiger partial charge < -0.3 is 19.5 Å². The molecule has 0 unspecified atom stereocenters. The molecule has 50 heavy (non-hydrogen) atoms. The first kappa shape index (κ1) is 35.0. The number of ether oxygens (including phenoxy) is 2. The van der Waals surface area contributed by atoms with E-state index in [1.807, 2.05) is 58.0 Å². The average Bonchev–Trinajstić information content (AvgIpc) is 3.63. The van der Waals surface area contributed by atoms with Crippen LogP contribution in [-0.2, 0) is 20.8 Å². The zero-order valence-corrected chi connectivity index (χ0v) is 31.3. The Balaban J connectivity index is 1.34. The van der Waals surface area contributed by atoms with Gasteiger partial charge in [0.2, 0.25) is 0 Å². The van der Waals surface area contributed by atoms with Gasteiger partial charge in [-0.05, 0) is 115 Å². The maximum absolute atomic E-state index is 12.8. The smallest absolute Gasteiger partial charge is 0.337 e. The number of thiazole rings is 1. The third-order valence-corrected chi connectivity index (χ3v) is 11.2. The quantitative estimate of drug-likeness (QED) is 0.155. The number of halogens is 1. The van der Waals surface area contributed by atoms with E-state index in [1.54, 1.807) is 11.3 Å². The summed E-state index contributed by atoms with van der Waals surface area (Å²) in [4.78, 5) is 22.7. The van der Waals surface area contributed by atoms with Crippen molar-refractivity contribution in [3.63, 3.8) is 0 Å². The van der Waals surface area contributed by atoms with Gasteiger partial charge in [-0.1, -0.05) is 23.7 Å². The third-order valence-electron chi connectivity index (χ3n) is 9.86. The van der Waals surface area contributed by atoms with E-state index in [-0.39, 0.29) is 0 Å². The third kappa shape index (κ3) is 7.07. The van der Waals surface area contributed by atoms with Crippen molar-refractivity contribution in [2.45, 2.75) is 70.7 Å². The lowest BCUT2D eigenvalue weighted by Gasteiger charge is -2.41. The molecular formula is C39H46ClN5O4S. The number of hydrogen-bond donors (Lipinski definition) is 1. The number of likely N-dealkylation sites (N-methyl/N-ethyl adjacent to an activating group) is 1. The molecule has 0 bridgehead atoms. The van der Waals surface area contributed by atoms with Gasteiger partial charge in [0.1, 0.15) is 5.01 Å². The van der Waals surface area contributed by atoms with Crippen molar-refractivity contribution in [1.29, 1.82) is 0 Å². The van der Waals surface area contributed by atoms with Crippen LogP contribution < -0.4 is 0 Å². The summed E-state index contributed by atoms with van der Waals surface area (Å²) in [6.45, 7) is 13.1. The Kier molecular flexibility index (Phi) is 9.79. The molecule has 7 rings (SSSR count). The Morgan fingerprint density at radius 1 is 1.10 bits per heavy atom. The minimum absolute atomic E-state index is 0.387. The summed E-state index contributed by atoms with van der Waals surface area (Å²) < 4.78 is 14.8. The maximum atomic E-state index is 12.8. The molecule has 9 nitrogen and oxygen atoms in total. The second kappa shape index (κ2) is 14.0. The monoisotopic (exact) mass is 715 g/mol. The molecule has 0 spiro atoms. The first-order valence-electron chi connectivity index (χ1n) is 17.4. The number of piperidine rings is 1. The Labute approximate surface area is 302 Å². The van der Waals surface area contributed by atoms with Crippen LogP contribution in [0.2, 0.25) is 5.02 Å². The fourth-order valence-electron chi connectivity index (χ4n) is 7.24. The van der Waals surface area contributed by atoms with E-state index < -0.39 is 17.7 Å². The number of hydrogen-bond acceptors (Lipinski definition) is 8. The van der Waals surface area contributed by atoms with E-state index in [4.69, 9.17) is 31.2 Å². The summed E-state index contributed by atoms with van der Waals surface area (Å²) in [5.41, 5.74) is 6.64. The van der Waals surface area contributed by atoms with Crippen LogP contribution in [0.25, 0.3) is 42.8 Å². The Morgan fingerprint density at radius 2 is 1.80 bits per heavy atom. The van der Waals surface area contributed by atoms with Crippen LogP contribution in [-0.4, -0.2) is 94.2 Å². The fourth-order valence-corrected chi connectivity index (χ4v) is 8.49. The highest BCUT2D eigenvalue weighted by Crippen LogP contribution is 2.45. The van der Waals surface area contributed by atoms with Crippen molar-refractivity contribution in [3.05, 3.63) is 70.4 Å². The van der Waals surface area contributed by atoms with Gasteiger partial charge in [-0.2, -0.15) is 5.10 Å². The van der Waals surface area contributed by atoms with Crippen LogP contribution in [0.3, 0.4) is 0 Å². The molecular weight excluding hydrogens is 670 g/mol. The van der Waals surface area contributed by atoms with E-state index in [0.717, 1.165) is 95.2 Å². The lowest BCUT2D eigenvalue weighted by Crippen LogP contribution is -2.51. The average molecular weight is 716 g/mol. The number of aryl methyl sites for hydroxylation is 1. The molecule has 2 aliphatic rings. The van der Waals surface area contributed by atoms with Crippen molar-refractivity contribution in [2.24, 2.45) is 0 Å². The number of fused-ring (bicyclic) bond motifs is 2. The summed E-state index contributed by atoms with van der Waals surface area (Å²) in [5.74, 6) is -0.642. The molecule has 11 heteroatoms. The number of rotatable bonds is 10. The molecule has 264 valence electrons. The summed E-state index contributed by atoms with van der Waals surface area (Å²) in [5, 5.41) is 18.4. The molecule has 0 aliphatic carbocycles. The predicted molar refractivity (Wildman–Crippen MR) is 201 cm³/mol. The number of likely N-dealkylation sites (tertiary alicyclic amines) is 1. The Morgan fingerprint density at radius 3 is 2.42 bits per heavy atom. The highest BCUT2D eigenvalue weighted by Gasteiger charge is 2.34. The molecule has 2 saturated heterocycles. The SMILES string of the molecule is Cc1cc2nc(-c3ccc4c(c3)c(C3CCN(C5COC5)CC3)nn4CCN(C)C)sc2c(-c2ccc(Cl)cc2)c1[C@H](OC(C)(C)C)C(=O)O. The molecule has 0 amide bonds. The summed E-state index contributed by atoms with van der Waals surface area (Å²) in [7, 11) is 4.19. The number of aliphatic carboxylic acids is 1. The van der Waals surface area contributed by atoms with Gasteiger partial charge in [-0.3, -0.25) is 9.58 Å². The number of aromatic nitrogens is 3. The minimum Gasteiger partial charge on any atom is -0.479 e. The molecule has 0 radical (unpaired) electrons. The van der Waals surface area contributed by atoms with Crippen molar-refractivity contribution in [3.8, 4) is 21.7 Å². The maximum Gasteiger partial charge on any atom is 0.337 e. The summed E-state index contributed by atoms with van der Waals surface area (Å²) in [6, 6.07) is 16.7. The standard InChI is InChI=1S/C39H46ClN5O4S/c1-23-19-30-36(33(24-7-10-27(40)11-8-24)32(23)35(38(46)47)49-39(2,3)4)50-37(41-30)26-9-12-31-29(20-26)34(42-45(31)18-17-43(5)6)25-13-15-44(16-14-25)28-21-48-22-28/h7-12,19-20,25,28,35H,13-18,21-22H2,1-6H3,(H,46,47)/t35-/m0/s1. The largest absolute Gasteiger partial charge is 0.479 e. The van der Waals surface area contributed by atoms with Gasteiger partial charge >= 0.3 is 5.97 Å². The number of nitrogens with zero attached hydrogens (tertiary/aromatic N) is 5. The Bertz CT molecular complexity index is 2020.